The number of hydrogen-bond donors (Lipinski definition) is 2. The lowest BCUT2D eigenvalue weighted by Gasteiger charge is -2.17. The van der Waals surface area contributed by atoms with Gasteiger partial charge in [-0.25, -0.2) is 4.98 Å². The average Bonchev–Trinajstić information content (AvgIpc) is 3.13. The first-order chi connectivity index (χ1) is 14.5. The number of nitrogens with one attached hydrogen (secondary N) is 2. The summed E-state index contributed by atoms with van der Waals surface area (Å²) in [5, 5.41) is 7.00. The molecule has 0 spiro atoms. The number of hydrogen-bond acceptors (Lipinski definition) is 5. The second kappa shape index (κ2) is 8.81. The largest absolute Gasteiger partial charge is 0.484 e. The predicted octanol–water partition coefficient (Wildman–Crippen LogP) is 4.13. The van der Waals surface area contributed by atoms with Crippen LogP contribution in [-0.4, -0.2) is 28.0 Å². The number of carbonyl (C=O) groups is 2. The summed E-state index contributed by atoms with van der Waals surface area (Å²) in [5.74, 6) is 0.287. The Kier molecular flexibility index (Phi) is 5.96. The fourth-order valence-electron chi connectivity index (χ4n) is 3.02. The van der Waals surface area contributed by atoms with Gasteiger partial charge in [0, 0.05) is 41.5 Å². The maximum atomic E-state index is 12.5. The molecule has 30 heavy (non-hydrogen) atoms. The van der Waals surface area contributed by atoms with E-state index >= 15 is 0 Å². The van der Waals surface area contributed by atoms with E-state index in [-0.39, 0.29) is 18.4 Å². The van der Waals surface area contributed by atoms with Gasteiger partial charge in [-0.15, -0.1) is 0 Å². The fraction of sp³-hybridized carbons (Fsp3) is 0.190. The van der Waals surface area contributed by atoms with Crippen LogP contribution < -0.4 is 15.4 Å². The zero-order chi connectivity index (χ0) is 21.1. The van der Waals surface area contributed by atoms with Gasteiger partial charge >= 0.3 is 0 Å². The molecule has 2 amide bonds. The molecule has 1 aliphatic heterocycles. The zero-order valence-corrected chi connectivity index (χ0v) is 17.7. The van der Waals surface area contributed by atoms with Crippen molar-refractivity contribution in [3.63, 3.8) is 0 Å². The summed E-state index contributed by atoms with van der Waals surface area (Å²) in [6, 6.07) is 10.7. The van der Waals surface area contributed by atoms with Crippen molar-refractivity contribution in [2.24, 2.45) is 7.05 Å². The topological polar surface area (TPSA) is 85.2 Å². The highest BCUT2D eigenvalue weighted by Gasteiger charge is 2.16. The van der Waals surface area contributed by atoms with Gasteiger partial charge in [0.05, 0.1) is 5.69 Å². The third-order valence-corrected chi connectivity index (χ3v) is 5.92. The number of amides is 2. The van der Waals surface area contributed by atoms with Gasteiger partial charge in [-0.05, 0) is 60.1 Å². The molecule has 3 aromatic rings. The van der Waals surface area contributed by atoms with Crippen molar-refractivity contribution >= 4 is 46.6 Å². The van der Waals surface area contributed by atoms with Crippen LogP contribution >= 0.6 is 23.4 Å². The molecule has 1 aliphatic rings. The summed E-state index contributed by atoms with van der Waals surface area (Å²) in [6.45, 7) is -0.149. The highest BCUT2D eigenvalue weighted by molar-refractivity contribution is 7.99. The summed E-state index contributed by atoms with van der Waals surface area (Å²) in [6.07, 6.45) is 4.67. The number of benzene rings is 2. The van der Waals surface area contributed by atoms with E-state index < -0.39 is 0 Å². The van der Waals surface area contributed by atoms with E-state index in [2.05, 4.69) is 15.6 Å². The number of ether oxygens (including phenoxy) is 1. The number of aromatic nitrogens is 2. The van der Waals surface area contributed by atoms with Gasteiger partial charge in [-0.1, -0.05) is 11.6 Å². The molecule has 4 rings (SSSR count). The van der Waals surface area contributed by atoms with Gasteiger partial charge in [0.1, 0.15) is 5.75 Å². The molecule has 0 saturated heterocycles. The van der Waals surface area contributed by atoms with Crippen LogP contribution in [0.5, 0.6) is 5.75 Å². The minimum Gasteiger partial charge on any atom is -0.484 e. The van der Waals surface area contributed by atoms with Crippen molar-refractivity contribution in [3.8, 4) is 5.75 Å². The second-order valence-corrected chi connectivity index (χ2v) is 8.21. The van der Waals surface area contributed by atoms with Crippen molar-refractivity contribution in [1.29, 1.82) is 0 Å². The Morgan fingerprint density at radius 3 is 2.97 bits per heavy atom. The van der Waals surface area contributed by atoms with Gasteiger partial charge in [-0.2, -0.15) is 0 Å². The van der Waals surface area contributed by atoms with Crippen LogP contribution in [0.1, 0.15) is 12.0 Å². The van der Waals surface area contributed by atoms with Crippen molar-refractivity contribution in [2.75, 3.05) is 17.2 Å². The van der Waals surface area contributed by atoms with Crippen molar-refractivity contribution in [1.82, 2.24) is 9.55 Å². The van der Waals surface area contributed by atoms with Crippen LogP contribution in [0.3, 0.4) is 0 Å². The van der Waals surface area contributed by atoms with Crippen LogP contribution in [0.4, 0.5) is 11.4 Å². The Morgan fingerprint density at radius 1 is 1.30 bits per heavy atom. The Hall–Kier alpha value is -2.97. The third kappa shape index (κ3) is 4.77. The highest BCUT2D eigenvalue weighted by atomic mass is 35.5. The molecule has 0 aliphatic carbocycles. The van der Waals surface area contributed by atoms with Gasteiger partial charge < -0.3 is 19.9 Å². The van der Waals surface area contributed by atoms with Gasteiger partial charge in [0.25, 0.3) is 5.91 Å². The normalized spacial score (nSPS) is 12.8. The standard InChI is InChI=1S/C21H19ClN4O3S/c1-26-9-8-23-21(26)30-18-6-3-14(22)11-17(18)25-20(28)12-29-15-4-5-16-13(10-15)2-7-19(27)24-16/h3-6,8-11H,2,7,12H2,1H3,(H,24,27)(H,25,28). The van der Waals surface area contributed by atoms with Crippen molar-refractivity contribution in [3.05, 3.63) is 59.4 Å². The molecule has 2 heterocycles. The van der Waals surface area contributed by atoms with Crippen LogP contribution in [0, 0.1) is 0 Å². The fourth-order valence-corrected chi connectivity index (χ4v) is 4.07. The molecule has 154 valence electrons. The zero-order valence-electron chi connectivity index (χ0n) is 16.1. The number of imidazole rings is 1. The van der Waals surface area contributed by atoms with E-state index in [1.807, 2.05) is 29.9 Å². The van der Waals surface area contributed by atoms with Crippen LogP contribution in [0.2, 0.25) is 5.02 Å². The number of fused-ring (bicyclic) bond motifs is 1. The smallest absolute Gasteiger partial charge is 0.262 e. The first-order valence-electron chi connectivity index (χ1n) is 9.28. The molecule has 9 heteroatoms. The molecule has 0 fully saturated rings. The lowest BCUT2D eigenvalue weighted by molar-refractivity contribution is -0.118. The number of carbonyl (C=O) groups excluding carboxylic acids is 2. The van der Waals surface area contributed by atoms with E-state index in [1.165, 1.54) is 11.8 Å². The summed E-state index contributed by atoms with van der Waals surface area (Å²) in [7, 11) is 1.90. The lowest BCUT2D eigenvalue weighted by atomic mass is 10.0. The Balaban J connectivity index is 1.41. The Morgan fingerprint density at radius 2 is 2.17 bits per heavy atom. The molecule has 2 N–H and O–H groups in total. The number of halogens is 1. The minimum absolute atomic E-state index is 0.0104. The molecule has 1 aromatic heterocycles. The maximum Gasteiger partial charge on any atom is 0.262 e. The molecule has 2 aromatic carbocycles. The Bertz CT molecular complexity index is 1120. The lowest BCUT2D eigenvalue weighted by Crippen LogP contribution is -2.21. The molecular weight excluding hydrogens is 424 g/mol. The van der Waals surface area contributed by atoms with E-state index in [4.69, 9.17) is 16.3 Å². The van der Waals surface area contributed by atoms with E-state index in [1.54, 1.807) is 30.5 Å². The van der Waals surface area contributed by atoms with Crippen LogP contribution in [0.25, 0.3) is 0 Å². The van der Waals surface area contributed by atoms with Gasteiger partial charge in [0.2, 0.25) is 5.91 Å². The molecule has 0 atom stereocenters. The maximum absolute atomic E-state index is 12.5. The monoisotopic (exact) mass is 442 g/mol. The van der Waals surface area contributed by atoms with Gasteiger partial charge in [-0.3, -0.25) is 9.59 Å². The van der Waals surface area contributed by atoms with Crippen LogP contribution in [-0.2, 0) is 23.1 Å². The minimum atomic E-state index is -0.301. The molecule has 0 radical (unpaired) electrons. The van der Waals surface area contributed by atoms with Crippen molar-refractivity contribution in [2.45, 2.75) is 22.9 Å². The van der Waals surface area contributed by atoms with E-state index in [0.717, 1.165) is 21.3 Å². The SMILES string of the molecule is Cn1ccnc1Sc1ccc(Cl)cc1NC(=O)COc1ccc2c(c1)CCC(=O)N2. The number of rotatable bonds is 6. The van der Waals surface area contributed by atoms with Crippen molar-refractivity contribution < 1.29 is 14.3 Å². The Labute approximate surface area is 182 Å². The summed E-state index contributed by atoms with van der Waals surface area (Å²) >= 11 is 7.55. The summed E-state index contributed by atoms with van der Waals surface area (Å²) < 4.78 is 7.54. The first kappa shape index (κ1) is 20.3. The number of anilines is 2. The molecule has 7 nitrogen and oxygen atoms in total. The van der Waals surface area contributed by atoms with Crippen LogP contribution in [0.15, 0.2) is 58.8 Å². The second-order valence-electron chi connectivity index (χ2n) is 6.77. The first-order valence-corrected chi connectivity index (χ1v) is 10.5. The summed E-state index contributed by atoms with van der Waals surface area (Å²) in [5.41, 5.74) is 2.38. The highest BCUT2D eigenvalue weighted by Crippen LogP contribution is 2.34. The average molecular weight is 443 g/mol. The number of nitrogens with zero attached hydrogens (tertiary/aromatic N) is 2. The predicted molar refractivity (Wildman–Crippen MR) is 116 cm³/mol. The molecule has 0 bridgehead atoms. The number of aryl methyl sites for hydroxylation is 2. The van der Waals surface area contributed by atoms with E-state index in [9.17, 15) is 9.59 Å². The molecule has 0 unspecified atom stereocenters. The van der Waals surface area contributed by atoms with E-state index in [0.29, 0.717) is 29.3 Å². The summed E-state index contributed by atoms with van der Waals surface area (Å²) in [4.78, 5) is 29.1. The van der Waals surface area contributed by atoms with Gasteiger partial charge in [0.15, 0.2) is 11.8 Å². The molecule has 0 saturated carbocycles. The molecular formula is C21H19ClN4O3S. The quantitative estimate of drug-likeness (QED) is 0.599. The third-order valence-electron chi connectivity index (χ3n) is 4.54.